The van der Waals surface area contributed by atoms with Crippen molar-refractivity contribution in [3.8, 4) is 0 Å². The molecule has 1 aromatic carbocycles. The Bertz CT molecular complexity index is 751. The number of benzene rings is 1. The van der Waals surface area contributed by atoms with Crippen molar-refractivity contribution >= 4 is 29.3 Å². The molecule has 1 heterocycles. The Balaban J connectivity index is 1.71. The number of ketones is 1. The normalized spacial score (nSPS) is 19.2. The van der Waals surface area contributed by atoms with Crippen molar-refractivity contribution in [2.75, 3.05) is 11.9 Å². The molecule has 0 aromatic heterocycles. The SMILES string of the molecule is CC(=O)c1ccccc1NC(=O)CN1C(=O)NC2(CCCCCC2)C1=O. The molecule has 1 spiro atoms. The molecule has 1 aliphatic heterocycles. The number of anilines is 1. The highest BCUT2D eigenvalue weighted by Crippen LogP contribution is 2.32. The quantitative estimate of drug-likeness (QED) is 0.639. The standard InChI is InChI=1S/C19H23N3O4/c1-13(23)14-8-4-5-9-15(14)20-16(24)12-22-17(25)19(21-18(22)26)10-6-2-3-7-11-19/h4-5,8-9H,2-3,6-7,10-12H2,1H3,(H,20,24)(H,21,26). The summed E-state index contributed by atoms with van der Waals surface area (Å²) >= 11 is 0. The van der Waals surface area contributed by atoms with Gasteiger partial charge in [-0.1, -0.05) is 37.8 Å². The zero-order valence-corrected chi connectivity index (χ0v) is 14.8. The Hall–Kier alpha value is -2.70. The number of Topliss-reactive ketones (excluding diaryl/α,β-unsaturated/α-hetero) is 1. The molecule has 2 N–H and O–H groups in total. The van der Waals surface area contributed by atoms with Gasteiger partial charge >= 0.3 is 6.03 Å². The maximum atomic E-state index is 12.8. The molecule has 0 radical (unpaired) electrons. The highest BCUT2D eigenvalue weighted by Gasteiger charge is 2.51. The summed E-state index contributed by atoms with van der Waals surface area (Å²) in [6.07, 6.45) is 5.10. The third kappa shape index (κ3) is 3.47. The maximum Gasteiger partial charge on any atom is 0.325 e. The minimum Gasteiger partial charge on any atom is -0.324 e. The van der Waals surface area contributed by atoms with E-state index in [1.165, 1.54) is 6.92 Å². The zero-order chi connectivity index (χ0) is 18.7. The Morgan fingerprint density at radius 2 is 1.77 bits per heavy atom. The van der Waals surface area contributed by atoms with E-state index < -0.39 is 17.5 Å². The van der Waals surface area contributed by atoms with Gasteiger partial charge in [0.1, 0.15) is 12.1 Å². The van der Waals surface area contributed by atoms with E-state index in [9.17, 15) is 19.2 Å². The van der Waals surface area contributed by atoms with E-state index in [0.29, 0.717) is 24.1 Å². The lowest BCUT2D eigenvalue weighted by Crippen LogP contribution is -2.47. The van der Waals surface area contributed by atoms with Crippen molar-refractivity contribution < 1.29 is 19.2 Å². The van der Waals surface area contributed by atoms with Gasteiger partial charge in [0.25, 0.3) is 5.91 Å². The summed E-state index contributed by atoms with van der Waals surface area (Å²) in [6.45, 7) is 1.05. The molecule has 2 aliphatic rings. The summed E-state index contributed by atoms with van der Waals surface area (Å²) < 4.78 is 0. The highest BCUT2D eigenvalue weighted by molar-refractivity contribution is 6.11. The lowest BCUT2D eigenvalue weighted by Gasteiger charge is -2.24. The topological polar surface area (TPSA) is 95.6 Å². The summed E-state index contributed by atoms with van der Waals surface area (Å²) in [6, 6.07) is 6.13. The molecular formula is C19H23N3O4. The number of nitrogens with zero attached hydrogens (tertiary/aromatic N) is 1. The second-order valence-corrected chi connectivity index (χ2v) is 6.97. The Morgan fingerprint density at radius 1 is 1.12 bits per heavy atom. The van der Waals surface area contributed by atoms with Crippen LogP contribution in [0.3, 0.4) is 0 Å². The number of imide groups is 1. The third-order valence-corrected chi connectivity index (χ3v) is 5.09. The molecule has 4 amide bonds. The summed E-state index contributed by atoms with van der Waals surface area (Å²) in [5.41, 5.74) is -0.0926. The number of para-hydroxylation sites is 1. The number of hydrogen-bond donors (Lipinski definition) is 2. The van der Waals surface area contributed by atoms with Gasteiger partial charge in [-0.25, -0.2) is 4.79 Å². The fraction of sp³-hybridized carbons (Fsp3) is 0.474. The van der Waals surface area contributed by atoms with Crippen LogP contribution in [0.5, 0.6) is 0 Å². The van der Waals surface area contributed by atoms with Gasteiger partial charge in [0, 0.05) is 5.56 Å². The van der Waals surface area contributed by atoms with Crippen molar-refractivity contribution in [3.05, 3.63) is 29.8 Å². The van der Waals surface area contributed by atoms with Gasteiger partial charge in [-0.3, -0.25) is 19.3 Å². The second-order valence-electron chi connectivity index (χ2n) is 6.97. The maximum absolute atomic E-state index is 12.8. The Morgan fingerprint density at radius 3 is 2.42 bits per heavy atom. The predicted molar refractivity (Wildman–Crippen MR) is 95.8 cm³/mol. The van der Waals surface area contributed by atoms with Crippen LogP contribution >= 0.6 is 0 Å². The zero-order valence-electron chi connectivity index (χ0n) is 14.8. The summed E-state index contributed by atoms with van der Waals surface area (Å²) in [5.74, 6) is -0.999. The number of carbonyl (C=O) groups is 4. The van der Waals surface area contributed by atoms with Crippen LogP contribution in [-0.2, 0) is 9.59 Å². The second kappa shape index (κ2) is 7.27. The van der Waals surface area contributed by atoms with Crippen LogP contribution in [-0.4, -0.2) is 40.6 Å². The fourth-order valence-electron chi connectivity index (χ4n) is 3.72. The molecule has 26 heavy (non-hydrogen) atoms. The van der Waals surface area contributed by atoms with Gasteiger partial charge in [-0.15, -0.1) is 0 Å². The van der Waals surface area contributed by atoms with E-state index in [1.807, 2.05) is 0 Å². The average molecular weight is 357 g/mol. The summed E-state index contributed by atoms with van der Waals surface area (Å²) in [4.78, 5) is 50.1. The smallest absolute Gasteiger partial charge is 0.324 e. The van der Waals surface area contributed by atoms with Crippen LogP contribution in [0.2, 0.25) is 0 Å². The molecule has 7 heteroatoms. The largest absolute Gasteiger partial charge is 0.325 e. The van der Waals surface area contributed by atoms with E-state index in [-0.39, 0.29) is 18.2 Å². The number of urea groups is 1. The molecule has 0 unspecified atom stereocenters. The molecule has 1 aromatic rings. The van der Waals surface area contributed by atoms with Crippen LogP contribution in [0.1, 0.15) is 55.8 Å². The van der Waals surface area contributed by atoms with Crippen molar-refractivity contribution in [1.29, 1.82) is 0 Å². The monoisotopic (exact) mass is 357 g/mol. The lowest BCUT2D eigenvalue weighted by molar-refractivity contribution is -0.134. The molecule has 2 fully saturated rings. The molecule has 1 aliphatic carbocycles. The van der Waals surface area contributed by atoms with Gasteiger partial charge in [0.05, 0.1) is 5.69 Å². The molecule has 138 valence electrons. The molecule has 1 saturated carbocycles. The Kier molecular flexibility index (Phi) is 5.06. The van der Waals surface area contributed by atoms with Crippen molar-refractivity contribution in [2.45, 2.75) is 51.0 Å². The van der Waals surface area contributed by atoms with Gasteiger partial charge in [-0.2, -0.15) is 0 Å². The highest BCUT2D eigenvalue weighted by atomic mass is 16.2. The minimum absolute atomic E-state index is 0.173. The number of nitrogens with one attached hydrogen (secondary N) is 2. The number of carbonyl (C=O) groups excluding carboxylic acids is 4. The van der Waals surface area contributed by atoms with Crippen LogP contribution in [0.25, 0.3) is 0 Å². The first kappa shape index (κ1) is 18.1. The number of amides is 4. The molecule has 3 rings (SSSR count). The Labute approximate surface area is 152 Å². The lowest BCUT2D eigenvalue weighted by atomic mass is 9.90. The van der Waals surface area contributed by atoms with E-state index >= 15 is 0 Å². The fourth-order valence-corrected chi connectivity index (χ4v) is 3.72. The first-order chi connectivity index (χ1) is 12.4. The van der Waals surface area contributed by atoms with Crippen LogP contribution in [0.15, 0.2) is 24.3 Å². The van der Waals surface area contributed by atoms with Crippen LogP contribution in [0.4, 0.5) is 10.5 Å². The molecule has 1 saturated heterocycles. The van der Waals surface area contributed by atoms with E-state index in [4.69, 9.17) is 0 Å². The number of rotatable bonds is 4. The third-order valence-electron chi connectivity index (χ3n) is 5.09. The molecular weight excluding hydrogens is 334 g/mol. The molecule has 0 bridgehead atoms. The van der Waals surface area contributed by atoms with Gasteiger partial charge in [-0.05, 0) is 31.9 Å². The molecule has 0 atom stereocenters. The summed E-state index contributed by atoms with van der Waals surface area (Å²) in [5, 5.41) is 5.44. The van der Waals surface area contributed by atoms with Gasteiger partial charge in [0.2, 0.25) is 5.91 Å². The average Bonchev–Trinajstić information content (AvgIpc) is 2.77. The van der Waals surface area contributed by atoms with Gasteiger partial charge in [0.15, 0.2) is 5.78 Å². The number of hydrogen-bond acceptors (Lipinski definition) is 4. The minimum atomic E-state index is -0.856. The van der Waals surface area contributed by atoms with Crippen molar-refractivity contribution in [2.24, 2.45) is 0 Å². The van der Waals surface area contributed by atoms with Crippen LogP contribution in [0, 0.1) is 0 Å². The molecule has 7 nitrogen and oxygen atoms in total. The first-order valence-electron chi connectivity index (χ1n) is 8.97. The van der Waals surface area contributed by atoms with Crippen molar-refractivity contribution in [1.82, 2.24) is 10.2 Å². The van der Waals surface area contributed by atoms with E-state index in [2.05, 4.69) is 10.6 Å². The summed E-state index contributed by atoms with van der Waals surface area (Å²) in [7, 11) is 0. The van der Waals surface area contributed by atoms with Gasteiger partial charge < -0.3 is 10.6 Å². The first-order valence-corrected chi connectivity index (χ1v) is 8.97. The van der Waals surface area contributed by atoms with Crippen molar-refractivity contribution in [3.63, 3.8) is 0 Å². The van der Waals surface area contributed by atoms with E-state index in [1.54, 1.807) is 24.3 Å². The van der Waals surface area contributed by atoms with E-state index in [0.717, 1.165) is 30.6 Å². The van der Waals surface area contributed by atoms with Crippen LogP contribution < -0.4 is 10.6 Å². The predicted octanol–water partition coefficient (Wildman–Crippen LogP) is 2.47.